The lowest BCUT2D eigenvalue weighted by Gasteiger charge is -2.15. The molecule has 0 bridgehead atoms. The van der Waals surface area contributed by atoms with Crippen molar-refractivity contribution >= 4 is 33.4 Å². The number of hydrogen-bond acceptors (Lipinski definition) is 4. The summed E-state index contributed by atoms with van der Waals surface area (Å²) in [6, 6.07) is 17.3. The Bertz CT molecular complexity index is 1220. The molecule has 0 saturated heterocycles. The van der Waals surface area contributed by atoms with Crippen LogP contribution in [0.5, 0.6) is 11.5 Å². The molecule has 1 aromatic heterocycles. The highest BCUT2D eigenvalue weighted by Gasteiger charge is 2.15. The van der Waals surface area contributed by atoms with Gasteiger partial charge in [-0.15, -0.1) is 0 Å². The van der Waals surface area contributed by atoms with Crippen LogP contribution in [0.2, 0.25) is 5.15 Å². The number of aromatic nitrogens is 2. The quantitative estimate of drug-likeness (QED) is 0.496. The Labute approximate surface area is 160 Å². The number of hydrogen-bond donors (Lipinski definition) is 0. The summed E-state index contributed by atoms with van der Waals surface area (Å²) in [4.78, 5) is 17.1. The highest BCUT2D eigenvalue weighted by atomic mass is 35.5. The molecule has 0 atom stereocenters. The average Bonchev–Trinajstić information content (AvgIpc) is 2.71. The van der Waals surface area contributed by atoms with Crippen LogP contribution in [0.1, 0.15) is 5.56 Å². The van der Waals surface area contributed by atoms with E-state index in [1.807, 2.05) is 48.5 Å². The fourth-order valence-corrected chi connectivity index (χ4v) is 3.48. The van der Waals surface area contributed by atoms with Gasteiger partial charge in [-0.3, -0.25) is 9.36 Å². The minimum absolute atomic E-state index is 0.0507. The highest BCUT2D eigenvalue weighted by Crippen LogP contribution is 2.28. The Morgan fingerprint density at radius 1 is 1.04 bits per heavy atom. The molecular formula is C21H17ClN2O3. The van der Waals surface area contributed by atoms with Gasteiger partial charge in [-0.05, 0) is 23.6 Å². The second-order valence-corrected chi connectivity index (χ2v) is 6.48. The third kappa shape index (κ3) is 3.00. The average molecular weight is 381 g/mol. The van der Waals surface area contributed by atoms with Crippen molar-refractivity contribution in [3.8, 4) is 11.5 Å². The van der Waals surface area contributed by atoms with Crippen molar-refractivity contribution in [2.45, 2.75) is 6.54 Å². The van der Waals surface area contributed by atoms with E-state index < -0.39 is 0 Å². The first kappa shape index (κ1) is 17.4. The maximum Gasteiger partial charge on any atom is 0.289 e. The maximum atomic E-state index is 12.9. The smallest absolute Gasteiger partial charge is 0.289 e. The first-order chi connectivity index (χ1) is 13.1. The molecule has 0 aliphatic heterocycles. The zero-order valence-electron chi connectivity index (χ0n) is 14.9. The molecule has 0 amide bonds. The van der Waals surface area contributed by atoms with Crippen molar-refractivity contribution in [2.24, 2.45) is 0 Å². The Kier molecular flexibility index (Phi) is 4.46. The molecule has 0 radical (unpaired) electrons. The summed E-state index contributed by atoms with van der Waals surface area (Å²) < 4.78 is 12.4. The summed E-state index contributed by atoms with van der Waals surface area (Å²) in [6.07, 6.45) is 0. The van der Waals surface area contributed by atoms with Crippen molar-refractivity contribution < 1.29 is 9.47 Å². The van der Waals surface area contributed by atoms with Gasteiger partial charge in [-0.1, -0.05) is 41.9 Å². The van der Waals surface area contributed by atoms with E-state index in [4.69, 9.17) is 21.1 Å². The number of ether oxygens (including phenoxy) is 2. The fourth-order valence-electron chi connectivity index (χ4n) is 3.29. The van der Waals surface area contributed by atoms with Gasteiger partial charge >= 0.3 is 0 Å². The molecule has 0 unspecified atom stereocenters. The molecule has 4 rings (SSSR count). The maximum absolute atomic E-state index is 12.9. The number of methoxy groups -OCH3 is 2. The molecule has 0 aliphatic carbocycles. The molecule has 3 aromatic carbocycles. The molecule has 0 aliphatic rings. The lowest BCUT2D eigenvalue weighted by molar-refractivity contribution is 0.390. The minimum Gasteiger partial charge on any atom is -0.497 e. The van der Waals surface area contributed by atoms with Crippen LogP contribution >= 0.6 is 11.6 Å². The first-order valence-corrected chi connectivity index (χ1v) is 8.79. The molecule has 5 nitrogen and oxygen atoms in total. The van der Waals surface area contributed by atoms with Crippen molar-refractivity contribution in [1.82, 2.24) is 9.55 Å². The summed E-state index contributed by atoms with van der Waals surface area (Å²) >= 11 is 6.14. The van der Waals surface area contributed by atoms with Crippen LogP contribution in [0.15, 0.2) is 59.4 Å². The summed E-state index contributed by atoms with van der Waals surface area (Å²) in [5, 5.41) is 1.93. The zero-order chi connectivity index (χ0) is 19.0. The fraction of sp³-hybridized carbons (Fsp3) is 0.143. The SMILES string of the molecule is COc1ccc(Cn2c(=O)c(Cl)nc3ccc4ccccc4c32)c(OC)c1. The van der Waals surface area contributed by atoms with Gasteiger partial charge in [0, 0.05) is 17.0 Å². The Hall–Kier alpha value is -3.05. The number of halogens is 1. The van der Waals surface area contributed by atoms with Crippen molar-refractivity contribution in [1.29, 1.82) is 0 Å². The van der Waals surface area contributed by atoms with Crippen LogP contribution in [0, 0.1) is 0 Å². The summed E-state index contributed by atoms with van der Waals surface area (Å²) in [5.41, 5.74) is 1.93. The van der Waals surface area contributed by atoms with Crippen molar-refractivity contribution in [2.75, 3.05) is 14.2 Å². The van der Waals surface area contributed by atoms with Gasteiger partial charge in [0.05, 0.1) is 31.8 Å². The van der Waals surface area contributed by atoms with Gasteiger partial charge in [0.2, 0.25) is 0 Å². The van der Waals surface area contributed by atoms with E-state index in [9.17, 15) is 4.79 Å². The van der Waals surface area contributed by atoms with Crippen LogP contribution in [0.4, 0.5) is 0 Å². The standard InChI is InChI=1S/C21H17ClN2O3/c1-26-15-9-7-14(18(11-15)27-2)12-24-19-16-6-4-3-5-13(16)8-10-17(19)23-20(22)21(24)25/h3-11H,12H2,1-2H3. The minimum atomic E-state index is -0.335. The second kappa shape index (κ2) is 6.93. The van der Waals surface area contributed by atoms with E-state index in [-0.39, 0.29) is 10.7 Å². The van der Waals surface area contributed by atoms with Gasteiger partial charge in [-0.2, -0.15) is 0 Å². The summed E-state index contributed by atoms with van der Waals surface area (Å²) in [5.74, 6) is 1.33. The number of nitrogens with zero attached hydrogens (tertiary/aromatic N) is 2. The molecule has 0 N–H and O–H groups in total. The predicted octanol–water partition coefficient (Wildman–Crippen LogP) is 4.27. The predicted molar refractivity (Wildman–Crippen MR) is 107 cm³/mol. The first-order valence-electron chi connectivity index (χ1n) is 8.41. The lowest BCUT2D eigenvalue weighted by atomic mass is 10.1. The van der Waals surface area contributed by atoms with E-state index in [0.717, 1.165) is 21.9 Å². The molecule has 6 heteroatoms. The summed E-state index contributed by atoms with van der Waals surface area (Å²) in [6.45, 7) is 0.304. The largest absolute Gasteiger partial charge is 0.497 e. The summed E-state index contributed by atoms with van der Waals surface area (Å²) in [7, 11) is 3.19. The van der Waals surface area contributed by atoms with Crippen LogP contribution in [-0.4, -0.2) is 23.8 Å². The normalized spacial score (nSPS) is 11.1. The van der Waals surface area contributed by atoms with Gasteiger partial charge < -0.3 is 9.47 Å². The second-order valence-electron chi connectivity index (χ2n) is 6.13. The van der Waals surface area contributed by atoms with E-state index >= 15 is 0 Å². The van der Waals surface area contributed by atoms with Gasteiger partial charge in [0.1, 0.15) is 11.5 Å². The lowest BCUT2D eigenvalue weighted by Crippen LogP contribution is -2.23. The monoisotopic (exact) mass is 380 g/mol. The molecule has 0 fully saturated rings. The Morgan fingerprint density at radius 3 is 2.63 bits per heavy atom. The van der Waals surface area contributed by atoms with E-state index in [1.54, 1.807) is 24.9 Å². The van der Waals surface area contributed by atoms with Crippen LogP contribution in [0.25, 0.3) is 21.8 Å². The van der Waals surface area contributed by atoms with Crippen molar-refractivity contribution in [3.63, 3.8) is 0 Å². The van der Waals surface area contributed by atoms with E-state index in [2.05, 4.69) is 4.98 Å². The number of fused-ring (bicyclic) bond motifs is 3. The molecule has 1 heterocycles. The van der Waals surface area contributed by atoms with Crippen LogP contribution in [-0.2, 0) is 6.54 Å². The topological polar surface area (TPSA) is 53.4 Å². The van der Waals surface area contributed by atoms with E-state index in [0.29, 0.717) is 23.6 Å². The van der Waals surface area contributed by atoms with Crippen molar-refractivity contribution in [3.05, 3.63) is 75.7 Å². The number of rotatable bonds is 4. The van der Waals surface area contributed by atoms with Gasteiger partial charge in [0.15, 0.2) is 5.15 Å². The molecule has 136 valence electrons. The highest BCUT2D eigenvalue weighted by molar-refractivity contribution is 6.29. The Morgan fingerprint density at radius 2 is 1.85 bits per heavy atom. The van der Waals surface area contributed by atoms with E-state index in [1.165, 1.54) is 0 Å². The number of benzene rings is 3. The third-order valence-electron chi connectivity index (χ3n) is 4.61. The molecule has 0 saturated carbocycles. The van der Waals surface area contributed by atoms with Crippen LogP contribution < -0.4 is 15.0 Å². The molecular weight excluding hydrogens is 364 g/mol. The van der Waals surface area contributed by atoms with Gasteiger partial charge in [-0.25, -0.2) is 4.98 Å². The molecule has 0 spiro atoms. The Balaban J connectivity index is 2.00. The zero-order valence-corrected chi connectivity index (χ0v) is 15.7. The molecule has 27 heavy (non-hydrogen) atoms. The van der Waals surface area contributed by atoms with Crippen LogP contribution in [0.3, 0.4) is 0 Å². The molecule has 4 aromatic rings. The van der Waals surface area contributed by atoms with Gasteiger partial charge in [0.25, 0.3) is 5.56 Å². The third-order valence-corrected chi connectivity index (χ3v) is 4.86.